The highest BCUT2D eigenvalue weighted by Gasteiger charge is 2.29. The predicted octanol–water partition coefficient (Wildman–Crippen LogP) is 5.26. The number of nitrogens with zero attached hydrogens (tertiary/aromatic N) is 2. The molecule has 0 saturated carbocycles. The molecular weight excluding hydrogens is 416 g/mol. The summed E-state index contributed by atoms with van der Waals surface area (Å²) in [5, 5.41) is 0.672. The van der Waals surface area contributed by atoms with Crippen LogP contribution in [0, 0.1) is 0 Å². The SMILES string of the molecule is COc1cccc(/C=C/c2cccc(Oc3cc4nc(N)nc(N)c4c4c3C(C)CO4)c2)c1. The number of nitrogen functional groups attached to an aromatic ring is 2. The van der Waals surface area contributed by atoms with Gasteiger partial charge in [-0.05, 0) is 35.4 Å². The minimum absolute atomic E-state index is 0.113. The monoisotopic (exact) mass is 440 g/mol. The van der Waals surface area contributed by atoms with Crippen LogP contribution in [-0.2, 0) is 0 Å². The lowest BCUT2D eigenvalue weighted by atomic mass is 9.99. The van der Waals surface area contributed by atoms with Crippen molar-refractivity contribution in [2.24, 2.45) is 0 Å². The van der Waals surface area contributed by atoms with Crippen LogP contribution in [-0.4, -0.2) is 23.7 Å². The first kappa shape index (κ1) is 20.6. The van der Waals surface area contributed by atoms with Crippen LogP contribution in [0.1, 0.15) is 29.5 Å². The Morgan fingerprint density at radius 1 is 0.970 bits per heavy atom. The van der Waals surface area contributed by atoms with E-state index in [0.29, 0.717) is 40.6 Å². The van der Waals surface area contributed by atoms with Gasteiger partial charge in [0.1, 0.15) is 28.8 Å². The second kappa shape index (κ2) is 8.35. The van der Waals surface area contributed by atoms with Gasteiger partial charge in [-0.3, -0.25) is 0 Å². The lowest BCUT2D eigenvalue weighted by molar-refractivity contribution is 0.340. The molecule has 0 bridgehead atoms. The van der Waals surface area contributed by atoms with Gasteiger partial charge in [-0.1, -0.05) is 43.3 Å². The van der Waals surface area contributed by atoms with E-state index in [4.69, 9.17) is 25.7 Å². The van der Waals surface area contributed by atoms with Crippen molar-refractivity contribution >= 4 is 34.8 Å². The molecule has 2 heterocycles. The molecule has 0 fully saturated rings. The maximum atomic E-state index is 6.33. The first-order chi connectivity index (χ1) is 16.0. The highest BCUT2D eigenvalue weighted by Crippen LogP contribution is 2.47. The molecule has 33 heavy (non-hydrogen) atoms. The summed E-state index contributed by atoms with van der Waals surface area (Å²) in [7, 11) is 1.66. The number of anilines is 2. The summed E-state index contributed by atoms with van der Waals surface area (Å²) in [5.41, 5.74) is 15.6. The number of hydrogen-bond donors (Lipinski definition) is 2. The highest BCUT2D eigenvalue weighted by molar-refractivity contribution is 5.97. The van der Waals surface area contributed by atoms with Crippen LogP contribution in [0.4, 0.5) is 11.8 Å². The molecule has 1 aromatic heterocycles. The first-order valence-corrected chi connectivity index (χ1v) is 10.6. The third kappa shape index (κ3) is 4.01. The smallest absolute Gasteiger partial charge is 0.222 e. The van der Waals surface area contributed by atoms with Gasteiger partial charge in [-0.25, -0.2) is 4.98 Å². The van der Waals surface area contributed by atoms with Crippen LogP contribution in [0.15, 0.2) is 54.6 Å². The normalized spacial score (nSPS) is 14.9. The quantitative estimate of drug-likeness (QED) is 0.408. The molecular formula is C26H24N4O3. The predicted molar refractivity (Wildman–Crippen MR) is 131 cm³/mol. The van der Waals surface area contributed by atoms with Crippen molar-refractivity contribution in [3.05, 3.63) is 71.3 Å². The van der Waals surface area contributed by atoms with Gasteiger partial charge in [-0.15, -0.1) is 0 Å². The number of nitrogens with two attached hydrogens (primary N) is 2. The fraction of sp³-hybridized carbons (Fsp3) is 0.154. The van der Waals surface area contributed by atoms with Crippen LogP contribution in [0.25, 0.3) is 23.1 Å². The van der Waals surface area contributed by atoms with E-state index in [1.807, 2.05) is 66.7 Å². The van der Waals surface area contributed by atoms with Crippen LogP contribution < -0.4 is 25.7 Å². The number of aromatic nitrogens is 2. The van der Waals surface area contributed by atoms with Gasteiger partial charge >= 0.3 is 0 Å². The zero-order valence-corrected chi connectivity index (χ0v) is 18.4. The Hall–Kier alpha value is -4.26. The van der Waals surface area contributed by atoms with Crippen molar-refractivity contribution in [1.82, 2.24) is 9.97 Å². The zero-order valence-electron chi connectivity index (χ0n) is 18.4. The number of methoxy groups -OCH3 is 1. The topological polar surface area (TPSA) is 106 Å². The van der Waals surface area contributed by atoms with Crippen molar-refractivity contribution < 1.29 is 14.2 Å². The van der Waals surface area contributed by atoms with Crippen molar-refractivity contribution in [3.63, 3.8) is 0 Å². The fourth-order valence-corrected chi connectivity index (χ4v) is 4.04. The van der Waals surface area contributed by atoms with E-state index < -0.39 is 0 Å². The summed E-state index contributed by atoms with van der Waals surface area (Å²) >= 11 is 0. The summed E-state index contributed by atoms with van der Waals surface area (Å²) in [6.45, 7) is 2.63. The van der Waals surface area contributed by atoms with E-state index in [1.165, 1.54) is 0 Å². The fourth-order valence-electron chi connectivity index (χ4n) is 4.04. The number of ether oxygens (including phenoxy) is 3. The maximum absolute atomic E-state index is 6.33. The lowest BCUT2D eigenvalue weighted by Gasteiger charge is -2.14. The van der Waals surface area contributed by atoms with Crippen LogP contribution in [0.5, 0.6) is 23.0 Å². The first-order valence-electron chi connectivity index (χ1n) is 10.6. The Morgan fingerprint density at radius 2 is 1.67 bits per heavy atom. The number of benzene rings is 3. The van der Waals surface area contributed by atoms with Crippen LogP contribution >= 0.6 is 0 Å². The average molecular weight is 441 g/mol. The summed E-state index contributed by atoms with van der Waals surface area (Å²) in [6.07, 6.45) is 4.07. The van der Waals surface area contributed by atoms with Gasteiger partial charge in [0.15, 0.2) is 0 Å². The molecule has 3 aromatic carbocycles. The van der Waals surface area contributed by atoms with Gasteiger partial charge in [0.05, 0.1) is 24.6 Å². The Balaban J connectivity index is 1.49. The Morgan fingerprint density at radius 3 is 2.39 bits per heavy atom. The van der Waals surface area contributed by atoms with Gasteiger partial charge in [0, 0.05) is 17.5 Å². The van der Waals surface area contributed by atoms with Gasteiger partial charge in [-0.2, -0.15) is 4.98 Å². The molecule has 1 aliphatic rings. The van der Waals surface area contributed by atoms with Crippen molar-refractivity contribution in [2.45, 2.75) is 12.8 Å². The third-order valence-corrected chi connectivity index (χ3v) is 5.61. The summed E-state index contributed by atoms with van der Waals surface area (Å²) in [6, 6.07) is 17.6. The second-order valence-corrected chi connectivity index (χ2v) is 7.98. The minimum Gasteiger partial charge on any atom is -0.497 e. The molecule has 4 N–H and O–H groups in total. The number of hydrogen-bond acceptors (Lipinski definition) is 7. The van der Waals surface area contributed by atoms with E-state index >= 15 is 0 Å². The van der Waals surface area contributed by atoms with Crippen molar-refractivity contribution in [3.8, 4) is 23.0 Å². The van der Waals surface area contributed by atoms with E-state index in [1.54, 1.807) is 7.11 Å². The molecule has 4 aromatic rings. The zero-order chi connectivity index (χ0) is 22.9. The molecule has 0 radical (unpaired) electrons. The summed E-state index contributed by atoms with van der Waals surface area (Å²) < 4.78 is 17.6. The maximum Gasteiger partial charge on any atom is 0.222 e. The summed E-state index contributed by atoms with van der Waals surface area (Å²) in [4.78, 5) is 8.44. The molecule has 0 amide bonds. The number of fused-ring (bicyclic) bond motifs is 3. The van der Waals surface area contributed by atoms with Crippen LogP contribution in [0.2, 0.25) is 0 Å². The van der Waals surface area contributed by atoms with Crippen molar-refractivity contribution in [1.29, 1.82) is 0 Å². The van der Waals surface area contributed by atoms with Gasteiger partial charge < -0.3 is 25.7 Å². The molecule has 1 unspecified atom stereocenters. The van der Waals surface area contributed by atoms with Gasteiger partial charge in [0.2, 0.25) is 5.95 Å². The Labute approximate surface area is 191 Å². The highest BCUT2D eigenvalue weighted by atomic mass is 16.5. The molecule has 5 rings (SSSR count). The standard InChI is InChI=1S/C26H24N4O3/c1-15-14-32-24-22(15)21(13-20-23(24)25(27)30-26(28)29-20)33-19-8-4-6-17(12-19)10-9-16-5-3-7-18(11-16)31-2/h3-13,15H,14H2,1-2H3,(H4,27,28,29,30)/b10-9+. The number of rotatable bonds is 5. The van der Waals surface area contributed by atoms with Crippen molar-refractivity contribution in [2.75, 3.05) is 25.2 Å². The van der Waals surface area contributed by atoms with E-state index in [2.05, 4.69) is 16.9 Å². The average Bonchev–Trinajstić information content (AvgIpc) is 3.19. The molecule has 7 nitrogen and oxygen atoms in total. The second-order valence-electron chi connectivity index (χ2n) is 7.98. The summed E-state index contributed by atoms with van der Waals surface area (Å²) in [5.74, 6) is 3.43. The van der Waals surface area contributed by atoms with E-state index in [9.17, 15) is 0 Å². The van der Waals surface area contributed by atoms with Crippen LogP contribution in [0.3, 0.4) is 0 Å². The molecule has 1 atom stereocenters. The molecule has 0 spiro atoms. The largest absolute Gasteiger partial charge is 0.497 e. The van der Waals surface area contributed by atoms with E-state index in [-0.39, 0.29) is 11.9 Å². The lowest BCUT2D eigenvalue weighted by Crippen LogP contribution is -2.02. The Kier molecular flexibility index (Phi) is 5.22. The molecule has 1 aliphatic heterocycles. The molecule has 0 aliphatic carbocycles. The third-order valence-electron chi connectivity index (χ3n) is 5.61. The molecule has 0 saturated heterocycles. The molecule has 166 valence electrons. The van der Waals surface area contributed by atoms with Gasteiger partial charge in [0.25, 0.3) is 0 Å². The van der Waals surface area contributed by atoms with E-state index in [0.717, 1.165) is 22.4 Å². The minimum atomic E-state index is 0.113. The Bertz CT molecular complexity index is 1380. The molecule has 7 heteroatoms.